The van der Waals surface area contributed by atoms with Crippen LogP contribution in [-0.4, -0.2) is 31.4 Å². The maximum Gasteiger partial charge on any atom is 0.344 e. The molecule has 0 saturated carbocycles. The van der Waals surface area contributed by atoms with Gasteiger partial charge in [0.05, 0.1) is 0 Å². The minimum atomic E-state index is -2.38. The lowest BCUT2D eigenvalue weighted by molar-refractivity contribution is -0.149. The highest BCUT2D eigenvalue weighted by Gasteiger charge is 2.27. The summed E-state index contributed by atoms with van der Waals surface area (Å²) in [7, 11) is 0. The van der Waals surface area contributed by atoms with E-state index in [2.05, 4.69) is 4.74 Å². The second kappa shape index (κ2) is 8.93. The topological polar surface area (TPSA) is 81.7 Å². The Morgan fingerprint density at radius 3 is 1.93 bits per heavy atom. The largest absolute Gasteiger partial charge is 0.482 e. The fourth-order valence-corrected chi connectivity index (χ4v) is 1.86. The van der Waals surface area contributed by atoms with Gasteiger partial charge in [0.2, 0.25) is 5.82 Å². The number of amides is 1. The highest BCUT2D eigenvalue weighted by atomic mass is 19.2. The van der Waals surface area contributed by atoms with Crippen LogP contribution in [0.2, 0.25) is 0 Å². The number of esters is 1. The molecule has 0 aliphatic carbocycles. The third-order valence-electron chi connectivity index (χ3n) is 3.21. The Morgan fingerprint density at radius 1 is 0.857 bits per heavy atom. The maximum atomic E-state index is 13.4. The number of anilines is 1. The molecule has 0 spiro atoms. The molecule has 148 valence electrons. The zero-order valence-corrected chi connectivity index (χ0v) is 13.7. The van der Waals surface area contributed by atoms with E-state index < -0.39 is 59.9 Å². The van der Waals surface area contributed by atoms with Gasteiger partial charge >= 0.3 is 5.97 Å². The average molecular weight is 403 g/mol. The third kappa shape index (κ3) is 4.81. The Kier molecular flexibility index (Phi) is 6.64. The van der Waals surface area contributed by atoms with Crippen molar-refractivity contribution in [2.75, 3.05) is 18.5 Å². The monoisotopic (exact) mass is 403 g/mol. The van der Waals surface area contributed by atoms with Crippen LogP contribution in [0.3, 0.4) is 0 Å². The van der Waals surface area contributed by atoms with E-state index in [1.807, 2.05) is 0 Å². The summed E-state index contributed by atoms with van der Waals surface area (Å²) in [5.74, 6) is -13.5. The maximum absolute atomic E-state index is 13.4. The lowest BCUT2D eigenvalue weighted by Crippen LogP contribution is -2.25. The Labute approximate surface area is 153 Å². The lowest BCUT2D eigenvalue weighted by atomic mass is 10.2. The van der Waals surface area contributed by atoms with Crippen LogP contribution in [0.5, 0.6) is 5.75 Å². The summed E-state index contributed by atoms with van der Waals surface area (Å²) in [6.45, 7) is -1.71. The number of aldehydes is 1. The summed E-state index contributed by atoms with van der Waals surface area (Å²) in [6.07, 6.45) is 0.598. The summed E-state index contributed by atoms with van der Waals surface area (Å²) >= 11 is 0. The van der Waals surface area contributed by atoms with Crippen LogP contribution < -0.4 is 10.1 Å². The van der Waals surface area contributed by atoms with Crippen molar-refractivity contribution in [1.29, 1.82) is 0 Å². The molecule has 0 radical (unpaired) electrons. The van der Waals surface area contributed by atoms with Crippen LogP contribution in [0, 0.1) is 29.1 Å². The van der Waals surface area contributed by atoms with Gasteiger partial charge in [-0.2, -0.15) is 0 Å². The van der Waals surface area contributed by atoms with E-state index in [-0.39, 0.29) is 5.75 Å². The number of benzene rings is 2. The third-order valence-corrected chi connectivity index (χ3v) is 3.21. The fraction of sp³-hybridized carbons (Fsp3) is 0.118. The van der Waals surface area contributed by atoms with E-state index in [0.29, 0.717) is 11.8 Å². The van der Waals surface area contributed by atoms with Crippen molar-refractivity contribution in [2.45, 2.75) is 0 Å². The molecule has 0 heterocycles. The van der Waals surface area contributed by atoms with Gasteiger partial charge in [-0.1, -0.05) is 0 Å². The van der Waals surface area contributed by atoms with Gasteiger partial charge in [0.1, 0.15) is 17.7 Å². The van der Waals surface area contributed by atoms with Crippen molar-refractivity contribution in [3.8, 4) is 5.75 Å². The van der Waals surface area contributed by atoms with Gasteiger partial charge in [-0.25, -0.2) is 26.7 Å². The first-order valence-corrected chi connectivity index (χ1v) is 7.39. The molecule has 6 nitrogen and oxygen atoms in total. The molecule has 0 aromatic heterocycles. The highest BCUT2D eigenvalue weighted by molar-refractivity contribution is 5.93. The Bertz CT molecular complexity index is 888. The van der Waals surface area contributed by atoms with E-state index in [1.54, 1.807) is 0 Å². The molecule has 2 aromatic carbocycles. The second-order valence-electron chi connectivity index (χ2n) is 5.13. The molecule has 28 heavy (non-hydrogen) atoms. The highest BCUT2D eigenvalue weighted by Crippen LogP contribution is 2.27. The van der Waals surface area contributed by atoms with E-state index in [1.165, 1.54) is 29.6 Å². The minimum Gasteiger partial charge on any atom is -0.482 e. The molecule has 2 rings (SSSR count). The zero-order chi connectivity index (χ0) is 20.8. The van der Waals surface area contributed by atoms with Crippen LogP contribution in [0.15, 0.2) is 24.3 Å². The molecule has 11 heteroatoms. The molecule has 0 aliphatic heterocycles. The van der Waals surface area contributed by atoms with Gasteiger partial charge in [0.25, 0.3) is 5.91 Å². The molecule has 0 fully saturated rings. The standard InChI is InChI=1S/C17H10F5NO5/c18-12-13(19)15(21)17(16(22)14(12)20)23-10(25)6-28-11(26)7-27-9-3-1-8(5-24)2-4-9/h1-5H,6-7H2,(H,23,25). The number of carbonyl (C=O) groups excluding carboxylic acids is 3. The van der Waals surface area contributed by atoms with Crippen molar-refractivity contribution in [3.05, 3.63) is 58.9 Å². The van der Waals surface area contributed by atoms with Gasteiger partial charge in [0.15, 0.2) is 36.5 Å². The number of hydrogen-bond donors (Lipinski definition) is 1. The number of halogens is 5. The average Bonchev–Trinajstić information content (AvgIpc) is 2.71. The predicted octanol–water partition coefficient (Wildman–Crippen LogP) is 2.76. The molecular weight excluding hydrogens is 393 g/mol. The normalized spacial score (nSPS) is 10.3. The fourth-order valence-electron chi connectivity index (χ4n) is 1.86. The van der Waals surface area contributed by atoms with Crippen LogP contribution in [0.25, 0.3) is 0 Å². The van der Waals surface area contributed by atoms with Gasteiger partial charge in [0, 0.05) is 5.56 Å². The lowest BCUT2D eigenvalue weighted by Gasteiger charge is -2.10. The van der Waals surface area contributed by atoms with Crippen molar-refractivity contribution < 1.29 is 45.8 Å². The molecule has 0 saturated heterocycles. The minimum absolute atomic E-state index is 0.216. The number of rotatable bonds is 7. The van der Waals surface area contributed by atoms with E-state index in [9.17, 15) is 36.3 Å². The smallest absolute Gasteiger partial charge is 0.344 e. The Balaban J connectivity index is 1.88. The summed E-state index contributed by atoms with van der Waals surface area (Å²) in [6, 6.07) is 5.64. The Morgan fingerprint density at radius 2 is 1.39 bits per heavy atom. The van der Waals surface area contributed by atoms with E-state index in [0.717, 1.165) is 0 Å². The van der Waals surface area contributed by atoms with E-state index >= 15 is 0 Å². The predicted molar refractivity (Wildman–Crippen MR) is 83.1 cm³/mol. The van der Waals surface area contributed by atoms with Crippen molar-refractivity contribution in [3.63, 3.8) is 0 Å². The van der Waals surface area contributed by atoms with Gasteiger partial charge in [-0.15, -0.1) is 0 Å². The number of ether oxygens (including phenoxy) is 2. The summed E-state index contributed by atoms with van der Waals surface area (Å²) in [4.78, 5) is 33.5. The summed E-state index contributed by atoms with van der Waals surface area (Å²) in [5.41, 5.74) is -1.19. The van der Waals surface area contributed by atoms with Crippen molar-refractivity contribution in [1.82, 2.24) is 0 Å². The molecular formula is C17H10F5NO5. The first kappa shape index (κ1) is 20.8. The summed E-state index contributed by atoms with van der Waals surface area (Å²) in [5, 5.41) is 1.44. The van der Waals surface area contributed by atoms with Crippen molar-refractivity contribution in [2.24, 2.45) is 0 Å². The molecule has 0 atom stereocenters. The van der Waals surface area contributed by atoms with Crippen LogP contribution in [-0.2, 0) is 14.3 Å². The number of carbonyl (C=O) groups is 3. The van der Waals surface area contributed by atoms with E-state index in [4.69, 9.17) is 4.74 Å². The van der Waals surface area contributed by atoms with Crippen molar-refractivity contribution >= 4 is 23.9 Å². The van der Waals surface area contributed by atoms with Gasteiger partial charge in [-0.05, 0) is 24.3 Å². The summed E-state index contributed by atoms with van der Waals surface area (Å²) < 4.78 is 75.4. The first-order valence-electron chi connectivity index (χ1n) is 7.39. The zero-order valence-electron chi connectivity index (χ0n) is 13.7. The molecule has 1 N–H and O–H groups in total. The second-order valence-corrected chi connectivity index (χ2v) is 5.13. The van der Waals surface area contributed by atoms with Gasteiger partial charge in [-0.3, -0.25) is 9.59 Å². The molecule has 2 aromatic rings. The molecule has 0 aliphatic rings. The molecule has 0 bridgehead atoms. The quantitative estimate of drug-likeness (QED) is 0.253. The van der Waals surface area contributed by atoms with Crippen LogP contribution in [0.1, 0.15) is 10.4 Å². The molecule has 1 amide bonds. The van der Waals surface area contributed by atoms with Gasteiger partial charge < -0.3 is 14.8 Å². The number of hydrogen-bond acceptors (Lipinski definition) is 5. The number of nitrogens with one attached hydrogen (secondary N) is 1. The SMILES string of the molecule is O=Cc1ccc(OCC(=O)OCC(=O)Nc2c(F)c(F)c(F)c(F)c2F)cc1. The molecule has 0 unspecified atom stereocenters. The van der Waals surface area contributed by atoms with Crippen LogP contribution in [0.4, 0.5) is 27.6 Å². The first-order chi connectivity index (χ1) is 13.2. The van der Waals surface area contributed by atoms with Crippen LogP contribution >= 0.6 is 0 Å². The Hall–Kier alpha value is -3.50.